The van der Waals surface area contributed by atoms with Gasteiger partial charge in [0.05, 0.1) is 17.4 Å². The Hall–Kier alpha value is -3.07. The molecule has 0 fully saturated rings. The molecular weight excluding hydrogens is 402 g/mol. The molecule has 0 spiro atoms. The standard InChI is InChI=1S/C28H26ClNO/c29-20-27(31)21-30-26-18-16-25(17-19-26)28(22-10-4-1-5-11-22,23-12-6-2-7-13-23)24-14-8-3-9-15-24/h1-19,27,30-31H,20-21H2. The van der Waals surface area contributed by atoms with Crippen molar-refractivity contribution < 1.29 is 5.11 Å². The second-order valence-electron chi connectivity index (χ2n) is 7.61. The Morgan fingerprint density at radius 2 is 1.00 bits per heavy atom. The minimum absolute atomic E-state index is 0.213. The molecule has 2 nitrogen and oxygen atoms in total. The number of hydrogen-bond donors (Lipinski definition) is 2. The highest BCUT2D eigenvalue weighted by Crippen LogP contribution is 2.45. The number of aliphatic hydroxyl groups excluding tert-OH is 1. The minimum Gasteiger partial charge on any atom is -0.390 e. The number of anilines is 1. The van der Waals surface area contributed by atoms with E-state index in [1.165, 1.54) is 22.3 Å². The first-order valence-corrected chi connectivity index (χ1v) is 11.0. The summed E-state index contributed by atoms with van der Waals surface area (Å²) in [5.41, 5.74) is 5.33. The van der Waals surface area contributed by atoms with E-state index in [4.69, 9.17) is 11.6 Å². The van der Waals surface area contributed by atoms with Gasteiger partial charge in [-0.25, -0.2) is 0 Å². The number of rotatable bonds is 8. The fourth-order valence-corrected chi connectivity index (χ4v) is 4.30. The van der Waals surface area contributed by atoms with E-state index in [1.54, 1.807) is 0 Å². The number of nitrogens with one attached hydrogen (secondary N) is 1. The maximum Gasteiger partial charge on any atom is 0.0847 e. The SMILES string of the molecule is OC(CCl)CNc1ccc(C(c2ccccc2)(c2ccccc2)c2ccccc2)cc1. The van der Waals surface area contributed by atoms with Gasteiger partial charge in [0.15, 0.2) is 0 Å². The lowest BCUT2D eigenvalue weighted by Crippen LogP contribution is -2.31. The highest BCUT2D eigenvalue weighted by Gasteiger charge is 2.37. The van der Waals surface area contributed by atoms with Crippen molar-refractivity contribution >= 4 is 17.3 Å². The molecule has 0 saturated carbocycles. The van der Waals surface area contributed by atoms with Crippen molar-refractivity contribution in [3.8, 4) is 0 Å². The van der Waals surface area contributed by atoms with Crippen LogP contribution in [0.3, 0.4) is 0 Å². The maximum atomic E-state index is 9.75. The first-order valence-electron chi connectivity index (χ1n) is 10.5. The predicted molar refractivity (Wildman–Crippen MR) is 130 cm³/mol. The van der Waals surface area contributed by atoms with E-state index < -0.39 is 11.5 Å². The molecule has 4 aromatic rings. The minimum atomic E-state index is -0.571. The van der Waals surface area contributed by atoms with E-state index in [9.17, 15) is 5.11 Å². The van der Waals surface area contributed by atoms with Crippen LogP contribution in [-0.2, 0) is 5.41 Å². The fraction of sp³-hybridized carbons (Fsp3) is 0.143. The van der Waals surface area contributed by atoms with Crippen LogP contribution in [0.2, 0.25) is 0 Å². The first kappa shape index (κ1) is 21.2. The van der Waals surface area contributed by atoms with Crippen molar-refractivity contribution in [2.24, 2.45) is 0 Å². The number of benzene rings is 4. The van der Waals surface area contributed by atoms with E-state index in [1.807, 2.05) is 0 Å². The summed E-state index contributed by atoms with van der Waals surface area (Å²) in [4.78, 5) is 0. The Kier molecular flexibility index (Phi) is 6.71. The molecule has 156 valence electrons. The molecule has 0 aliphatic carbocycles. The third-order valence-electron chi connectivity index (χ3n) is 5.66. The van der Waals surface area contributed by atoms with Crippen molar-refractivity contribution in [2.45, 2.75) is 11.5 Å². The molecule has 1 unspecified atom stereocenters. The molecule has 31 heavy (non-hydrogen) atoms. The Bertz CT molecular complexity index is 970. The van der Waals surface area contributed by atoms with Crippen molar-refractivity contribution in [1.29, 1.82) is 0 Å². The zero-order valence-corrected chi connectivity index (χ0v) is 18.0. The van der Waals surface area contributed by atoms with Gasteiger partial charge in [-0.2, -0.15) is 0 Å². The molecule has 3 heteroatoms. The molecule has 0 aliphatic rings. The molecule has 0 heterocycles. The van der Waals surface area contributed by atoms with Gasteiger partial charge in [-0.15, -0.1) is 11.6 Å². The normalized spacial score (nSPS) is 12.3. The zero-order valence-electron chi connectivity index (χ0n) is 17.3. The van der Waals surface area contributed by atoms with Crippen LogP contribution < -0.4 is 5.32 Å². The smallest absolute Gasteiger partial charge is 0.0847 e. The van der Waals surface area contributed by atoms with Gasteiger partial charge < -0.3 is 10.4 Å². The van der Waals surface area contributed by atoms with Crippen LogP contribution >= 0.6 is 11.6 Å². The summed E-state index contributed by atoms with van der Waals surface area (Å²) in [6.45, 7) is 0.421. The largest absolute Gasteiger partial charge is 0.390 e. The molecule has 0 amide bonds. The van der Waals surface area contributed by atoms with E-state index in [-0.39, 0.29) is 5.88 Å². The van der Waals surface area contributed by atoms with Crippen molar-refractivity contribution in [1.82, 2.24) is 0 Å². The number of halogens is 1. The highest BCUT2D eigenvalue weighted by molar-refractivity contribution is 6.18. The van der Waals surface area contributed by atoms with Crippen LogP contribution in [0.15, 0.2) is 115 Å². The lowest BCUT2D eigenvalue weighted by atomic mass is 9.65. The van der Waals surface area contributed by atoms with Gasteiger partial charge in [-0.1, -0.05) is 103 Å². The van der Waals surface area contributed by atoms with E-state index in [0.717, 1.165) is 5.69 Å². The van der Waals surface area contributed by atoms with Gasteiger partial charge in [0.1, 0.15) is 0 Å². The molecule has 2 N–H and O–H groups in total. The molecule has 1 atom stereocenters. The molecule has 4 rings (SSSR count). The molecule has 4 aromatic carbocycles. The molecule has 0 aliphatic heterocycles. The van der Waals surface area contributed by atoms with E-state index in [0.29, 0.717) is 6.54 Å². The summed E-state index contributed by atoms with van der Waals surface area (Å²) < 4.78 is 0. The fourth-order valence-electron chi connectivity index (χ4n) is 4.19. The van der Waals surface area contributed by atoms with E-state index >= 15 is 0 Å². The second-order valence-corrected chi connectivity index (χ2v) is 7.92. The quantitative estimate of drug-likeness (QED) is 0.264. The molecule has 0 bridgehead atoms. The van der Waals surface area contributed by atoms with Crippen molar-refractivity contribution in [2.75, 3.05) is 17.7 Å². The number of hydrogen-bond acceptors (Lipinski definition) is 2. The average molecular weight is 428 g/mol. The zero-order chi connectivity index (χ0) is 21.5. The summed E-state index contributed by atoms with van der Waals surface area (Å²) in [6.07, 6.45) is -0.571. The van der Waals surface area contributed by atoms with Gasteiger partial charge in [0, 0.05) is 12.2 Å². The number of alkyl halides is 1. The van der Waals surface area contributed by atoms with Crippen molar-refractivity contribution in [3.63, 3.8) is 0 Å². The Balaban J connectivity index is 1.89. The lowest BCUT2D eigenvalue weighted by molar-refractivity contribution is 0.211. The second kappa shape index (κ2) is 9.82. The summed E-state index contributed by atoms with van der Waals surface area (Å²) in [7, 11) is 0. The van der Waals surface area contributed by atoms with Crippen LogP contribution in [0.4, 0.5) is 5.69 Å². The van der Waals surface area contributed by atoms with Crippen LogP contribution in [0.5, 0.6) is 0 Å². The highest BCUT2D eigenvalue weighted by atomic mass is 35.5. The topological polar surface area (TPSA) is 32.3 Å². The van der Waals surface area contributed by atoms with Crippen LogP contribution in [0.25, 0.3) is 0 Å². The molecule has 0 radical (unpaired) electrons. The third kappa shape index (κ3) is 4.36. The van der Waals surface area contributed by atoms with Gasteiger partial charge >= 0.3 is 0 Å². The Morgan fingerprint density at radius 1 is 0.613 bits per heavy atom. The maximum absolute atomic E-state index is 9.75. The monoisotopic (exact) mass is 427 g/mol. The van der Waals surface area contributed by atoms with Gasteiger partial charge in [-0.05, 0) is 34.4 Å². The van der Waals surface area contributed by atoms with E-state index in [2.05, 4.69) is 121 Å². The summed E-state index contributed by atoms with van der Waals surface area (Å²) in [6, 6.07) is 40.4. The molecular formula is C28H26ClNO. The lowest BCUT2D eigenvalue weighted by Gasteiger charge is -2.37. The van der Waals surface area contributed by atoms with Crippen LogP contribution in [0, 0.1) is 0 Å². The molecule has 0 aromatic heterocycles. The summed E-state index contributed by atoms with van der Waals surface area (Å²) >= 11 is 5.72. The third-order valence-corrected chi connectivity index (χ3v) is 6.01. The van der Waals surface area contributed by atoms with Crippen molar-refractivity contribution in [3.05, 3.63) is 138 Å². The van der Waals surface area contributed by atoms with Gasteiger partial charge in [0.2, 0.25) is 0 Å². The van der Waals surface area contributed by atoms with Crippen LogP contribution in [0.1, 0.15) is 22.3 Å². The summed E-state index contributed by atoms with van der Waals surface area (Å²) in [5.74, 6) is 0.213. The summed E-state index contributed by atoms with van der Waals surface area (Å²) in [5, 5.41) is 13.0. The Labute approximate surface area is 189 Å². The van der Waals surface area contributed by atoms with Gasteiger partial charge in [0.25, 0.3) is 0 Å². The van der Waals surface area contributed by atoms with Gasteiger partial charge in [-0.3, -0.25) is 0 Å². The Morgan fingerprint density at radius 3 is 1.39 bits per heavy atom. The average Bonchev–Trinajstić information content (AvgIpc) is 2.86. The molecule has 0 saturated heterocycles. The number of aliphatic hydroxyl groups is 1. The van der Waals surface area contributed by atoms with Crippen LogP contribution in [-0.4, -0.2) is 23.6 Å². The first-order chi connectivity index (χ1) is 15.2. The predicted octanol–water partition coefficient (Wildman–Crippen LogP) is 6.08.